The Balaban J connectivity index is 1.50. The number of amides is 1. The number of benzene rings is 2. The van der Waals surface area contributed by atoms with Crippen molar-refractivity contribution >= 4 is 17.2 Å². The van der Waals surface area contributed by atoms with Gasteiger partial charge in [0.15, 0.2) is 0 Å². The predicted molar refractivity (Wildman–Crippen MR) is 117 cm³/mol. The zero-order valence-electron chi connectivity index (χ0n) is 16.1. The van der Waals surface area contributed by atoms with E-state index in [1.807, 2.05) is 60.0 Å². The Morgan fingerprint density at radius 1 is 1.00 bits per heavy atom. The van der Waals surface area contributed by atoms with Gasteiger partial charge in [-0.2, -0.15) is 0 Å². The first-order chi connectivity index (χ1) is 14.2. The van der Waals surface area contributed by atoms with E-state index < -0.39 is 0 Å². The van der Waals surface area contributed by atoms with Crippen LogP contribution in [0.4, 0.5) is 0 Å². The first kappa shape index (κ1) is 19.0. The summed E-state index contributed by atoms with van der Waals surface area (Å²) in [7, 11) is 0. The van der Waals surface area contributed by atoms with E-state index in [1.165, 1.54) is 5.56 Å². The number of carbonyl (C=O) groups is 1. The first-order valence-electron chi connectivity index (χ1n) is 9.45. The third-order valence-electron chi connectivity index (χ3n) is 4.64. The van der Waals surface area contributed by atoms with Crippen LogP contribution in [0.1, 0.15) is 28.4 Å². The molecule has 0 radical (unpaired) electrons. The van der Waals surface area contributed by atoms with Crippen LogP contribution in [0, 0.1) is 6.92 Å². The third-order valence-corrected chi connectivity index (χ3v) is 5.58. The summed E-state index contributed by atoms with van der Waals surface area (Å²) in [5.41, 5.74) is 5.09. The first-order valence-corrected chi connectivity index (χ1v) is 10.3. The molecule has 0 fully saturated rings. The Morgan fingerprint density at radius 3 is 2.52 bits per heavy atom. The lowest BCUT2D eigenvalue weighted by Crippen LogP contribution is -2.30. The molecule has 0 bridgehead atoms. The lowest BCUT2D eigenvalue weighted by molar-refractivity contribution is -0.121. The molecular weight excluding hydrogens is 378 g/mol. The van der Waals surface area contributed by atoms with E-state index in [0.29, 0.717) is 0 Å². The molecule has 29 heavy (non-hydrogen) atoms. The molecule has 1 unspecified atom stereocenters. The van der Waals surface area contributed by atoms with E-state index in [9.17, 15) is 4.79 Å². The van der Waals surface area contributed by atoms with Gasteiger partial charge in [0.25, 0.3) is 0 Å². The highest BCUT2D eigenvalue weighted by Gasteiger charge is 2.18. The number of pyridine rings is 1. The number of nitrogens with zero attached hydrogens (tertiary/aromatic N) is 2. The fourth-order valence-electron chi connectivity index (χ4n) is 3.24. The zero-order chi connectivity index (χ0) is 20.1. The highest BCUT2D eigenvalue weighted by molar-refractivity contribution is 7.13. The van der Waals surface area contributed by atoms with Crippen molar-refractivity contribution in [3.8, 4) is 10.6 Å². The number of carbonyl (C=O) groups excluding carboxylic acids is 1. The molecule has 1 atom stereocenters. The van der Waals surface area contributed by atoms with Gasteiger partial charge >= 0.3 is 0 Å². The molecule has 0 aliphatic heterocycles. The number of nitrogens with one attached hydrogen (secondary N) is 1. The second kappa shape index (κ2) is 8.80. The van der Waals surface area contributed by atoms with Crippen molar-refractivity contribution in [3.63, 3.8) is 0 Å². The molecule has 1 N–H and O–H groups in total. The number of hydrogen-bond acceptors (Lipinski definition) is 4. The van der Waals surface area contributed by atoms with Gasteiger partial charge in [0, 0.05) is 23.3 Å². The van der Waals surface area contributed by atoms with Gasteiger partial charge < -0.3 is 5.32 Å². The normalized spacial score (nSPS) is 11.8. The van der Waals surface area contributed by atoms with Gasteiger partial charge in [-0.25, -0.2) is 4.98 Å². The second-order valence-corrected chi connectivity index (χ2v) is 7.74. The van der Waals surface area contributed by atoms with Crippen LogP contribution in [0.3, 0.4) is 0 Å². The molecule has 0 spiro atoms. The lowest BCUT2D eigenvalue weighted by atomic mass is 9.99. The molecule has 4 nitrogen and oxygen atoms in total. The summed E-state index contributed by atoms with van der Waals surface area (Å²) in [6.45, 7) is 2.06. The van der Waals surface area contributed by atoms with E-state index in [1.54, 1.807) is 23.7 Å². The summed E-state index contributed by atoms with van der Waals surface area (Å²) < 4.78 is 0. The van der Waals surface area contributed by atoms with E-state index in [-0.39, 0.29) is 18.4 Å². The van der Waals surface area contributed by atoms with E-state index in [0.717, 1.165) is 27.4 Å². The third kappa shape index (κ3) is 4.76. The summed E-state index contributed by atoms with van der Waals surface area (Å²) in [5, 5.41) is 6.05. The summed E-state index contributed by atoms with van der Waals surface area (Å²) >= 11 is 1.57. The van der Waals surface area contributed by atoms with Crippen LogP contribution in [0.2, 0.25) is 0 Å². The Hall–Kier alpha value is -3.31. The van der Waals surface area contributed by atoms with Gasteiger partial charge in [-0.1, -0.05) is 54.1 Å². The highest BCUT2D eigenvalue weighted by Crippen LogP contribution is 2.25. The Labute approximate surface area is 174 Å². The Kier molecular flexibility index (Phi) is 5.77. The minimum atomic E-state index is -0.221. The fourth-order valence-corrected chi connectivity index (χ4v) is 4.05. The van der Waals surface area contributed by atoms with Crippen LogP contribution < -0.4 is 5.32 Å². The molecule has 0 aliphatic rings. The molecular formula is C24H21N3OS. The zero-order valence-corrected chi connectivity index (χ0v) is 16.9. The van der Waals surface area contributed by atoms with Crippen LogP contribution in [-0.4, -0.2) is 15.9 Å². The van der Waals surface area contributed by atoms with Gasteiger partial charge in [0.1, 0.15) is 5.01 Å². The topological polar surface area (TPSA) is 54.9 Å². The number of hydrogen-bond donors (Lipinski definition) is 1. The molecule has 4 aromatic rings. The maximum absolute atomic E-state index is 12.8. The van der Waals surface area contributed by atoms with Gasteiger partial charge in [0.05, 0.1) is 18.2 Å². The molecule has 144 valence electrons. The van der Waals surface area contributed by atoms with Gasteiger partial charge in [-0.15, -0.1) is 11.3 Å². The van der Waals surface area contributed by atoms with Gasteiger partial charge in [-0.05, 0) is 36.2 Å². The average molecular weight is 400 g/mol. The molecule has 2 aromatic heterocycles. The van der Waals surface area contributed by atoms with Crippen molar-refractivity contribution in [3.05, 3.63) is 107 Å². The molecule has 1 amide bonds. The molecule has 2 aromatic carbocycles. The maximum atomic E-state index is 12.8. The minimum Gasteiger partial charge on any atom is -0.345 e. The van der Waals surface area contributed by atoms with Crippen LogP contribution in [-0.2, 0) is 11.2 Å². The molecule has 0 saturated carbocycles. The van der Waals surface area contributed by atoms with Crippen molar-refractivity contribution in [2.24, 2.45) is 0 Å². The smallest absolute Gasteiger partial charge is 0.226 e. The van der Waals surface area contributed by atoms with Crippen LogP contribution >= 0.6 is 11.3 Å². The Bertz CT molecular complexity index is 1050. The summed E-state index contributed by atoms with van der Waals surface area (Å²) in [6, 6.07) is 21.8. The minimum absolute atomic E-state index is 0.0586. The summed E-state index contributed by atoms with van der Waals surface area (Å²) in [6.07, 6.45) is 3.73. The van der Waals surface area contributed by atoms with Crippen LogP contribution in [0.5, 0.6) is 0 Å². The van der Waals surface area contributed by atoms with Crippen molar-refractivity contribution in [2.75, 3.05) is 0 Å². The highest BCUT2D eigenvalue weighted by atomic mass is 32.1. The lowest BCUT2D eigenvalue weighted by Gasteiger charge is -2.19. The molecule has 2 heterocycles. The van der Waals surface area contributed by atoms with Gasteiger partial charge in [-0.3, -0.25) is 9.78 Å². The van der Waals surface area contributed by atoms with E-state index in [4.69, 9.17) is 0 Å². The molecule has 5 heteroatoms. The number of aromatic nitrogens is 2. The molecule has 4 rings (SSSR count). The van der Waals surface area contributed by atoms with Crippen molar-refractivity contribution in [1.82, 2.24) is 15.3 Å². The van der Waals surface area contributed by atoms with Crippen LogP contribution in [0.25, 0.3) is 10.6 Å². The van der Waals surface area contributed by atoms with Crippen LogP contribution in [0.15, 0.2) is 84.5 Å². The molecule has 0 aliphatic carbocycles. The maximum Gasteiger partial charge on any atom is 0.226 e. The monoisotopic (exact) mass is 399 g/mol. The average Bonchev–Trinajstić information content (AvgIpc) is 3.22. The predicted octanol–water partition coefficient (Wildman–Crippen LogP) is 4.96. The number of thiazole rings is 1. The number of rotatable bonds is 6. The van der Waals surface area contributed by atoms with Gasteiger partial charge in [0.2, 0.25) is 5.91 Å². The summed E-state index contributed by atoms with van der Waals surface area (Å²) in [4.78, 5) is 21.6. The Morgan fingerprint density at radius 2 is 1.76 bits per heavy atom. The largest absolute Gasteiger partial charge is 0.345 e. The SMILES string of the molecule is Cc1cccc(-c2nc(CC(=O)NC(c3ccccc3)c3ccncc3)cs2)c1. The van der Waals surface area contributed by atoms with Crippen molar-refractivity contribution < 1.29 is 4.79 Å². The quantitative estimate of drug-likeness (QED) is 0.498. The van der Waals surface area contributed by atoms with E-state index >= 15 is 0 Å². The molecule has 0 saturated heterocycles. The fraction of sp³-hybridized carbons (Fsp3) is 0.125. The van der Waals surface area contributed by atoms with Crippen molar-refractivity contribution in [2.45, 2.75) is 19.4 Å². The standard InChI is InChI=1S/C24H21N3OS/c1-17-6-5-9-20(14-17)24-26-21(16-29-24)15-22(28)27-23(18-7-3-2-4-8-18)19-10-12-25-13-11-19/h2-14,16,23H,15H2,1H3,(H,27,28). The number of aryl methyl sites for hydroxylation is 1. The van der Waals surface area contributed by atoms with Crippen molar-refractivity contribution in [1.29, 1.82) is 0 Å². The van der Waals surface area contributed by atoms with E-state index in [2.05, 4.69) is 34.3 Å². The second-order valence-electron chi connectivity index (χ2n) is 6.88. The summed E-state index contributed by atoms with van der Waals surface area (Å²) in [5.74, 6) is -0.0586.